The highest BCUT2D eigenvalue weighted by Crippen LogP contribution is 2.41. The SMILES string of the molecule is O=C(CC1(O)CCC(c2ccnc3ccccc23)CC1)Nc1ccc(Cl)cc1. The standard InChI is InChI=1S/C23H23ClN2O2/c24-17-5-7-18(8-6-17)26-22(27)15-23(28)12-9-16(10-13-23)19-11-14-25-21-4-2-1-3-20(19)21/h1-8,11,14,16,28H,9-10,12-13,15H2,(H,26,27). The molecule has 0 radical (unpaired) electrons. The first-order chi connectivity index (χ1) is 13.5. The summed E-state index contributed by atoms with van der Waals surface area (Å²) in [5, 5.41) is 15.6. The number of nitrogens with zero attached hydrogens (tertiary/aromatic N) is 1. The fourth-order valence-electron chi connectivity index (χ4n) is 4.15. The van der Waals surface area contributed by atoms with Gasteiger partial charge in [-0.1, -0.05) is 29.8 Å². The molecule has 0 aliphatic heterocycles. The highest BCUT2D eigenvalue weighted by atomic mass is 35.5. The van der Waals surface area contributed by atoms with Crippen LogP contribution >= 0.6 is 11.6 Å². The smallest absolute Gasteiger partial charge is 0.227 e. The van der Waals surface area contributed by atoms with Crippen LogP contribution in [-0.4, -0.2) is 21.6 Å². The summed E-state index contributed by atoms with van der Waals surface area (Å²) in [5.74, 6) is 0.213. The lowest BCUT2D eigenvalue weighted by Gasteiger charge is -2.36. The van der Waals surface area contributed by atoms with Crippen LogP contribution < -0.4 is 5.32 Å². The number of rotatable bonds is 4. The Labute approximate surface area is 169 Å². The third-order valence-electron chi connectivity index (χ3n) is 5.66. The van der Waals surface area contributed by atoms with Gasteiger partial charge in [0.15, 0.2) is 0 Å². The molecule has 1 aliphatic carbocycles. The zero-order valence-electron chi connectivity index (χ0n) is 15.6. The van der Waals surface area contributed by atoms with Crippen LogP contribution in [0.3, 0.4) is 0 Å². The molecule has 28 heavy (non-hydrogen) atoms. The minimum absolute atomic E-state index is 0.111. The van der Waals surface area contributed by atoms with Gasteiger partial charge in [-0.25, -0.2) is 0 Å². The van der Waals surface area contributed by atoms with Crippen molar-refractivity contribution in [3.63, 3.8) is 0 Å². The van der Waals surface area contributed by atoms with Crippen molar-refractivity contribution in [1.82, 2.24) is 4.98 Å². The van der Waals surface area contributed by atoms with Crippen LogP contribution in [0.4, 0.5) is 5.69 Å². The average Bonchev–Trinajstić information content (AvgIpc) is 2.70. The highest BCUT2D eigenvalue weighted by Gasteiger charge is 2.36. The number of carbonyl (C=O) groups is 1. The Morgan fingerprint density at radius 3 is 2.57 bits per heavy atom. The fraction of sp³-hybridized carbons (Fsp3) is 0.304. The number of halogens is 1. The summed E-state index contributed by atoms with van der Waals surface area (Å²) in [6, 6.07) is 17.2. The van der Waals surface area contributed by atoms with E-state index >= 15 is 0 Å². The first-order valence-electron chi connectivity index (χ1n) is 9.64. The maximum Gasteiger partial charge on any atom is 0.227 e. The Kier molecular flexibility index (Phi) is 5.33. The van der Waals surface area contributed by atoms with Gasteiger partial charge in [0.05, 0.1) is 17.5 Å². The second-order valence-corrected chi connectivity index (χ2v) is 8.08. The predicted octanol–water partition coefficient (Wildman–Crippen LogP) is 5.31. The van der Waals surface area contributed by atoms with Gasteiger partial charge >= 0.3 is 0 Å². The van der Waals surface area contributed by atoms with Crippen LogP contribution in [0.25, 0.3) is 10.9 Å². The van der Waals surface area contributed by atoms with Gasteiger partial charge < -0.3 is 10.4 Å². The van der Waals surface area contributed by atoms with Crippen molar-refractivity contribution in [2.24, 2.45) is 0 Å². The Bertz CT molecular complexity index is 974. The maximum atomic E-state index is 12.4. The lowest BCUT2D eigenvalue weighted by molar-refractivity contribution is -0.122. The molecule has 2 N–H and O–H groups in total. The monoisotopic (exact) mass is 394 g/mol. The molecule has 0 atom stereocenters. The van der Waals surface area contributed by atoms with Crippen molar-refractivity contribution >= 4 is 34.1 Å². The van der Waals surface area contributed by atoms with E-state index < -0.39 is 5.60 Å². The molecule has 1 fully saturated rings. The van der Waals surface area contributed by atoms with Crippen LogP contribution in [-0.2, 0) is 4.79 Å². The summed E-state index contributed by atoms with van der Waals surface area (Å²) in [7, 11) is 0. The van der Waals surface area contributed by atoms with Crippen molar-refractivity contribution < 1.29 is 9.90 Å². The largest absolute Gasteiger partial charge is 0.389 e. The summed E-state index contributed by atoms with van der Waals surface area (Å²) >= 11 is 5.87. The van der Waals surface area contributed by atoms with Crippen molar-refractivity contribution in [2.45, 2.75) is 43.6 Å². The van der Waals surface area contributed by atoms with E-state index in [0.717, 1.165) is 18.4 Å². The molecule has 4 nitrogen and oxygen atoms in total. The number of pyridine rings is 1. The molecule has 1 saturated carbocycles. The summed E-state index contributed by atoms with van der Waals surface area (Å²) in [5.41, 5.74) is 2.03. The minimum Gasteiger partial charge on any atom is -0.389 e. The summed E-state index contributed by atoms with van der Waals surface area (Å²) in [6.07, 6.45) is 4.92. The van der Waals surface area contributed by atoms with E-state index in [4.69, 9.17) is 11.6 Å². The van der Waals surface area contributed by atoms with Crippen LogP contribution in [0.5, 0.6) is 0 Å². The van der Waals surface area contributed by atoms with E-state index in [0.29, 0.717) is 29.5 Å². The zero-order valence-corrected chi connectivity index (χ0v) is 16.3. The Morgan fingerprint density at radius 1 is 1.11 bits per heavy atom. The van der Waals surface area contributed by atoms with Crippen molar-refractivity contribution in [2.75, 3.05) is 5.32 Å². The molecule has 0 unspecified atom stereocenters. The molecule has 1 aliphatic rings. The van der Waals surface area contributed by atoms with E-state index in [1.54, 1.807) is 24.3 Å². The van der Waals surface area contributed by atoms with Gasteiger partial charge in [-0.2, -0.15) is 0 Å². The summed E-state index contributed by atoms with van der Waals surface area (Å²) in [4.78, 5) is 16.8. The second-order valence-electron chi connectivity index (χ2n) is 7.65. The van der Waals surface area contributed by atoms with Gasteiger partial charge in [-0.3, -0.25) is 9.78 Å². The fourth-order valence-corrected chi connectivity index (χ4v) is 4.28. The topological polar surface area (TPSA) is 62.2 Å². The van der Waals surface area contributed by atoms with Crippen LogP contribution in [0.2, 0.25) is 5.02 Å². The molecule has 4 rings (SSSR count). The number of aliphatic hydroxyl groups is 1. The van der Waals surface area contributed by atoms with Crippen molar-refractivity contribution in [3.8, 4) is 0 Å². The summed E-state index contributed by atoms with van der Waals surface area (Å²) < 4.78 is 0. The molecule has 5 heteroatoms. The maximum absolute atomic E-state index is 12.4. The molecule has 2 aromatic carbocycles. The lowest BCUT2D eigenvalue weighted by atomic mass is 9.74. The Hall–Kier alpha value is -2.43. The normalized spacial score (nSPS) is 22.1. The molecule has 0 spiro atoms. The number of para-hydroxylation sites is 1. The highest BCUT2D eigenvalue weighted by molar-refractivity contribution is 6.30. The van der Waals surface area contributed by atoms with E-state index in [1.807, 2.05) is 24.4 Å². The number of fused-ring (bicyclic) bond motifs is 1. The van der Waals surface area contributed by atoms with Gasteiger partial charge in [0.25, 0.3) is 0 Å². The molecule has 1 amide bonds. The third-order valence-corrected chi connectivity index (χ3v) is 5.91. The number of hydrogen-bond acceptors (Lipinski definition) is 3. The van der Waals surface area contributed by atoms with Crippen LogP contribution in [0.1, 0.15) is 43.6 Å². The predicted molar refractivity (Wildman–Crippen MR) is 113 cm³/mol. The first kappa shape index (κ1) is 18.9. The number of hydrogen-bond donors (Lipinski definition) is 2. The van der Waals surface area contributed by atoms with E-state index in [2.05, 4.69) is 22.4 Å². The molecule has 0 bridgehead atoms. The van der Waals surface area contributed by atoms with Crippen LogP contribution in [0.15, 0.2) is 60.8 Å². The lowest BCUT2D eigenvalue weighted by Crippen LogP contribution is -2.37. The number of aromatic nitrogens is 1. The molecule has 3 aromatic rings. The number of carbonyl (C=O) groups excluding carboxylic acids is 1. The number of anilines is 1. The van der Waals surface area contributed by atoms with Crippen molar-refractivity contribution in [3.05, 3.63) is 71.4 Å². The number of nitrogens with one attached hydrogen (secondary N) is 1. The van der Waals surface area contributed by atoms with Gasteiger partial charge in [0.2, 0.25) is 5.91 Å². The summed E-state index contributed by atoms with van der Waals surface area (Å²) in [6.45, 7) is 0. The molecule has 144 valence electrons. The Balaban J connectivity index is 1.39. The molecular formula is C23H23ClN2O2. The zero-order chi connectivity index (χ0) is 19.6. The van der Waals surface area contributed by atoms with Gasteiger partial charge in [0.1, 0.15) is 0 Å². The van der Waals surface area contributed by atoms with E-state index in [-0.39, 0.29) is 12.3 Å². The van der Waals surface area contributed by atoms with Gasteiger partial charge in [-0.05, 0) is 73.6 Å². The van der Waals surface area contributed by atoms with E-state index in [9.17, 15) is 9.90 Å². The number of benzene rings is 2. The molecule has 0 saturated heterocycles. The van der Waals surface area contributed by atoms with Crippen molar-refractivity contribution in [1.29, 1.82) is 0 Å². The second kappa shape index (κ2) is 7.90. The van der Waals surface area contributed by atoms with Gasteiger partial charge in [0, 0.05) is 22.3 Å². The first-order valence-corrected chi connectivity index (χ1v) is 10.0. The molecule has 1 heterocycles. The van der Waals surface area contributed by atoms with E-state index in [1.165, 1.54) is 10.9 Å². The molecule has 1 aromatic heterocycles. The quantitative estimate of drug-likeness (QED) is 0.630. The van der Waals surface area contributed by atoms with Gasteiger partial charge in [-0.15, -0.1) is 0 Å². The van der Waals surface area contributed by atoms with Crippen LogP contribution in [0, 0.1) is 0 Å². The third kappa shape index (κ3) is 4.18. The molecular weight excluding hydrogens is 372 g/mol. The average molecular weight is 395 g/mol. The number of amides is 1. The minimum atomic E-state index is -0.949. The Morgan fingerprint density at radius 2 is 1.82 bits per heavy atom.